The molecule has 0 amide bonds. The number of nitrogens with zero attached hydrogens (tertiary/aromatic N) is 1. The number of hydrogen-bond acceptors (Lipinski definition) is 2. The number of alkyl halides is 3. The van der Waals surface area contributed by atoms with Crippen LogP contribution in [-0.2, 0) is 6.18 Å². The van der Waals surface area contributed by atoms with Crippen molar-refractivity contribution in [2.75, 3.05) is 19.6 Å². The Morgan fingerprint density at radius 1 is 0.879 bits per heavy atom. The van der Waals surface area contributed by atoms with Gasteiger partial charge >= 0.3 is 6.18 Å². The third kappa shape index (κ3) is 6.20. The van der Waals surface area contributed by atoms with E-state index in [2.05, 4.69) is 18.7 Å². The van der Waals surface area contributed by atoms with Crippen molar-refractivity contribution in [3.8, 4) is 0 Å². The number of halogens is 4. The second-order valence-corrected chi connectivity index (χ2v) is 9.33. The van der Waals surface area contributed by atoms with Crippen LogP contribution in [0.5, 0.6) is 0 Å². The van der Waals surface area contributed by atoms with Gasteiger partial charge in [0.25, 0.3) is 0 Å². The van der Waals surface area contributed by atoms with Crippen molar-refractivity contribution < 1.29 is 18.3 Å². The van der Waals surface area contributed by atoms with E-state index in [0.717, 1.165) is 56.9 Å². The third-order valence-electron chi connectivity index (χ3n) is 6.26. The minimum atomic E-state index is -4.44. The van der Waals surface area contributed by atoms with Gasteiger partial charge in [-0.3, -0.25) is 0 Å². The van der Waals surface area contributed by atoms with E-state index in [9.17, 15) is 18.3 Å². The molecule has 0 fully saturated rings. The Balaban J connectivity index is 2.03. The lowest BCUT2D eigenvalue weighted by atomic mass is 9.91. The zero-order valence-corrected chi connectivity index (χ0v) is 20.4. The highest BCUT2D eigenvalue weighted by atomic mass is 35.5. The first-order valence-corrected chi connectivity index (χ1v) is 12.2. The molecule has 0 aromatic heterocycles. The van der Waals surface area contributed by atoms with Crippen molar-refractivity contribution in [2.24, 2.45) is 0 Å². The van der Waals surface area contributed by atoms with E-state index in [4.69, 9.17) is 11.6 Å². The molecule has 2 nitrogen and oxygen atoms in total. The van der Waals surface area contributed by atoms with Gasteiger partial charge in [-0.15, -0.1) is 0 Å². The molecule has 6 heteroatoms. The van der Waals surface area contributed by atoms with Crippen LogP contribution >= 0.6 is 11.6 Å². The van der Waals surface area contributed by atoms with Crippen molar-refractivity contribution in [2.45, 2.75) is 65.2 Å². The molecule has 0 aliphatic heterocycles. The lowest BCUT2D eigenvalue weighted by molar-refractivity contribution is -0.137. The van der Waals surface area contributed by atoms with Crippen LogP contribution < -0.4 is 0 Å². The van der Waals surface area contributed by atoms with Crippen molar-refractivity contribution in [1.29, 1.82) is 0 Å². The predicted octanol–water partition coefficient (Wildman–Crippen LogP) is 8.30. The Hall–Kier alpha value is -1.82. The lowest BCUT2D eigenvalue weighted by Crippen LogP contribution is -2.28. The van der Waals surface area contributed by atoms with Gasteiger partial charge in [-0.05, 0) is 90.8 Å². The summed E-state index contributed by atoms with van der Waals surface area (Å²) >= 11 is 6.50. The molecule has 0 saturated heterocycles. The van der Waals surface area contributed by atoms with Crippen LogP contribution in [0.25, 0.3) is 21.5 Å². The number of benzene rings is 3. The van der Waals surface area contributed by atoms with Crippen molar-refractivity contribution in [1.82, 2.24) is 4.90 Å². The molecule has 0 aliphatic carbocycles. The SMILES string of the molecule is CCCCN(CCCC)CCC(O)c1cc2c(Cl)cc(C)cc2c2cc(C(F)(F)F)ccc12. The number of unbranched alkanes of at least 4 members (excludes halogenated alkanes) is 2. The number of rotatable bonds is 10. The number of fused-ring (bicyclic) bond motifs is 3. The second-order valence-electron chi connectivity index (χ2n) is 8.92. The van der Waals surface area contributed by atoms with Gasteiger partial charge in [-0.25, -0.2) is 0 Å². The molecule has 1 atom stereocenters. The first-order chi connectivity index (χ1) is 15.7. The zero-order valence-electron chi connectivity index (χ0n) is 19.6. The molecule has 3 rings (SSSR count). The predicted molar refractivity (Wildman–Crippen MR) is 132 cm³/mol. The number of hydrogen-bond donors (Lipinski definition) is 1. The van der Waals surface area contributed by atoms with Gasteiger partial charge < -0.3 is 10.0 Å². The summed E-state index contributed by atoms with van der Waals surface area (Å²) in [4.78, 5) is 2.37. The number of aliphatic hydroxyl groups is 1. The fourth-order valence-electron chi connectivity index (χ4n) is 4.39. The number of aliphatic hydroxyl groups excluding tert-OH is 1. The molecule has 0 bridgehead atoms. The van der Waals surface area contributed by atoms with Crippen LogP contribution in [0.2, 0.25) is 5.02 Å². The highest BCUT2D eigenvalue weighted by Gasteiger charge is 2.31. The largest absolute Gasteiger partial charge is 0.416 e. The maximum absolute atomic E-state index is 13.5. The average molecular weight is 480 g/mol. The van der Waals surface area contributed by atoms with Crippen LogP contribution in [0.15, 0.2) is 36.4 Å². The standard InChI is InChI=1S/C27H33ClF3NO/c1-4-6-11-32(12-7-5-2)13-10-26(33)24-17-23-21(14-18(3)15-25(23)28)22-16-19(27(29,30)31)8-9-20(22)24/h8-9,14-17,26,33H,4-7,10-13H2,1-3H3. The van der Waals surface area contributed by atoms with Gasteiger partial charge in [0.05, 0.1) is 11.7 Å². The first-order valence-electron chi connectivity index (χ1n) is 11.8. The minimum absolute atomic E-state index is 0.468. The summed E-state index contributed by atoms with van der Waals surface area (Å²) < 4.78 is 40.4. The Labute approximate surface area is 199 Å². The Kier molecular flexibility index (Phi) is 8.65. The van der Waals surface area contributed by atoms with E-state index in [0.29, 0.717) is 38.6 Å². The summed E-state index contributed by atoms with van der Waals surface area (Å²) in [5.74, 6) is 0. The fraction of sp³-hybridized carbons (Fsp3) is 0.481. The molecule has 0 radical (unpaired) electrons. The Morgan fingerprint density at radius 2 is 1.52 bits per heavy atom. The minimum Gasteiger partial charge on any atom is -0.388 e. The van der Waals surface area contributed by atoms with Gasteiger partial charge in [-0.2, -0.15) is 13.2 Å². The maximum atomic E-state index is 13.5. The normalized spacial score (nSPS) is 13.4. The smallest absolute Gasteiger partial charge is 0.388 e. The lowest BCUT2D eigenvalue weighted by Gasteiger charge is -2.24. The molecular formula is C27H33ClF3NO. The molecule has 3 aromatic rings. The molecule has 33 heavy (non-hydrogen) atoms. The quantitative estimate of drug-likeness (QED) is 0.295. The van der Waals surface area contributed by atoms with Crippen LogP contribution in [0.3, 0.4) is 0 Å². The second kappa shape index (κ2) is 11.1. The first kappa shape index (κ1) is 25.8. The molecular weight excluding hydrogens is 447 g/mol. The molecule has 3 aromatic carbocycles. The highest BCUT2D eigenvalue weighted by Crippen LogP contribution is 2.40. The van der Waals surface area contributed by atoms with E-state index in [1.807, 2.05) is 19.1 Å². The molecule has 1 N–H and O–H groups in total. The molecule has 1 unspecified atom stereocenters. The van der Waals surface area contributed by atoms with Crippen molar-refractivity contribution >= 4 is 33.1 Å². The summed E-state index contributed by atoms with van der Waals surface area (Å²) in [7, 11) is 0. The summed E-state index contributed by atoms with van der Waals surface area (Å²) in [6.07, 6.45) is -0.293. The molecule has 0 saturated carbocycles. The monoisotopic (exact) mass is 479 g/mol. The Morgan fingerprint density at radius 3 is 2.12 bits per heavy atom. The number of aryl methyl sites for hydroxylation is 1. The molecule has 0 spiro atoms. The van der Waals surface area contributed by atoms with E-state index < -0.39 is 17.8 Å². The summed E-state index contributed by atoms with van der Waals surface area (Å²) in [5.41, 5.74) is 0.802. The third-order valence-corrected chi connectivity index (χ3v) is 6.57. The zero-order chi connectivity index (χ0) is 24.2. The topological polar surface area (TPSA) is 23.5 Å². The molecule has 180 valence electrons. The van der Waals surface area contributed by atoms with Gasteiger partial charge in [0.2, 0.25) is 0 Å². The Bertz CT molecular complexity index is 1090. The summed E-state index contributed by atoms with van der Waals surface area (Å²) in [6.45, 7) is 8.91. The van der Waals surface area contributed by atoms with Gasteiger partial charge in [0.15, 0.2) is 0 Å². The molecule has 0 aliphatic rings. The van der Waals surface area contributed by atoms with Crippen LogP contribution in [-0.4, -0.2) is 29.6 Å². The summed E-state index contributed by atoms with van der Waals surface area (Å²) in [6, 6.07) is 9.26. The van der Waals surface area contributed by atoms with Crippen molar-refractivity contribution in [3.63, 3.8) is 0 Å². The van der Waals surface area contributed by atoms with E-state index in [1.54, 1.807) is 6.07 Å². The van der Waals surface area contributed by atoms with Crippen molar-refractivity contribution in [3.05, 3.63) is 58.1 Å². The van der Waals surface area contributed by atoms with Gasteiger partial charge in [-0.1, -0.05) is 50.4 Å². The van der Waals surface area contributed by atoms with Gasteiger partial charge in [0.1, 0.15) is 0 Å². The van der Waals surface area contributed by atoms with Crippen LogP contribution in [0.1, 0.15) is 68.7 Å². The maximum Gasteiger partial charge on any atom is 0.416 e. The summed E-state index contributed by atoms with van der Waals surface area (Å²) in [5, 5.41) is 14.1. The molecule has 0 heterocycles. The average Bonchev–Trinajstić information content (AvgIpc) is 2.77. The van der Waals surface area contributed by atoms with E-state index in [-0.39, 0.29) is 0 Å². The van der Waals surface area contributed by atoms with Crippen LogP contribution in [0.4, 0.5) is 13.2 Å². The van der Waals surface area contributed by atoms with E-state index in [1.165, 1.54) is 12.1 Å². The fourth-order valence-corrected chi connectivity index (χ4v) is 4.71. The van der Waals surface area contributed by atoms with Gasteiger partial charge in [0, 0.05) is 17.0 Å². The van der Waals surface area contributed by atoms with Crippen LogP contribution in [0, 0.1) is 6.92 Å². The van der Waals surface area contributed by atoms with E-state index >= 15 is 0 Å². The highest BCUT2D eigenvalue weighted by molar-refractivity contribution is 6.36.